The molecule has 0 bridgehead atoms. The van der Waals surface area contributed by atoms with Gasteiger partial charge in [0, 0.05) is 49.0 Å². The Balaban J connectivity index is 1.12. The maximum atomic E-state index is 13.0. The molecule has 0 unspecified atom stereocenters. The molecule has 1 saturated carbocycles. The molecule has 5 rings (SSSR count). The van der Waals surface area contributed by atoms with E-state index in [9.17, 15) is 18.0 Å². The number of nitrogens with one attached hydrogen (secondary N) is 1. The molecule has 0 atom stereocenters. The average Bonchev–Trinajstić information content (AvgIpc) is 2.97. The molecule has 1 N–H and O–H groups in total. The number of carbonyl (C=O) groups excluding carboxylic acids is 2. The third-order valence-corrected chi connectivity index (χ3v) is 8.98. The molecule has 1 aliphatic carbocycles. The number of sulfonamides is 1. The van der Waals surface area contributed by atoms with E-state index in [2.05, 4.69) is 9.71 Å². The zero-order chi connectivity index (χ0) is 27.2. The molecule has 2 aromatic carbocycles. The summed E-state index contributed by atoms with van der Waals surface area (Å²) in [6.45, 7) is 2.13. The lowest BCUT2D eigenvalue weighted by atomic mass is 9.87. The summed E-state index contributed by atoms with van der Waals surface area (Å²) in [6.07, 6.45) is 8.49. The quantitative estimate of drug-likeness (QED) is 0.448. The van der Waals surface area contributed by atoms with Crippen molar-refractivity contribution in [1.29, 1.82) is 0 Å². The van der Waals surface area contributed by atoms with Crippen LogP contribution in [0, 0.1) is 5.92 Å². The number of anilines is 1. The molecule has 1 aliphatic heterocycles. The van der Waals surface area contributed by atoms with Gasteiger partial charge in [0.25, 0.3) is 15.9 Å². The van der Waals surface area contributed by atoms with Crippen LogP contribution in [0.2, 0.25) is 0 Å². The fourth-order valence-electron chi connectivity index (χ4n) is 5.34. The molecule has 1 aromatic heterocycles. The Kier molecular flexibility index (Phi) is 8.30. The highest BCUT2D eigenvalue weighted by Crippen LogP contribution is 2.26. The summed E-state index contributed by atoms with van der Waals surface area (Å²) in [5.74, 6) is 0.505. The molecule has 3 aromatic rings. The van der Waals surface area contributed by atoms with Crippen LogP contribution in [-0.4, -0.2) is 68.0 Å². The first kappa shape index (κ1) is 26.9. The smallest absolute Gasteiger partial charge is 0.409 e. The van der Waals surface area contributed by atoms with E-state index in [0.717, 1.165) is 11.8 Å². The van der Waals surface area contributed by atoms with Crippen molar-refractivity contribution in [3.8, 4) is 0 Å². The van der Waals surface area contributed by atoms with Gasteiger partial charge in [0.2, 0.25) is 0 Å². The minimum absolute atomic E-state index is 0.0890. The summed E-state index contributed by atoms with van der Waals surface area (Å²) in [4.78, 5) is 33.2. The van der Waals surface area contributed by atoms with Crippen LogP contribution in [0.25, 0.3) is 10.9 Å². The van der Waals surface area contributed by atoms with Crippen molar-refractivity contribution in [3.05, 3.63) is 66.4 Å². The van der Waals surface area contributed by atoms with Gasteiger partial charge in [0.1, 0.15) is 4.90 Å². The highest BCUT2D eigenvalue weighted by atomic mass is 32.2. The number of benzene rings is 2. The summed E-state index contributed by atoms with van der Waals surface area (Å²) in [5, 5.41) is 0.731. The third-order valence-electron chi connectivity index (χ3n) is 7.57. The van der Waals surface area contributed by atoms with Crippen LogP contribution in [0.5, 0.6) is 0 Å². The summed E-state index contributed by atoms with van der Waals surface area (Å²) < 4.78 is 34.2. The van der Waals surface area contributed by atoms with Gasteiger partial charge in [0.15, 0.2) is 0 Å². The molecular weight excluding hydrogens is 516 g/mol. The van der Waals surface area contributed by atoms with E-state index in [4.69, 9.17) is 4.74 Å². The number of carbonyl (C=O) groups is 2. The molecule has 206 valence electrons. The van der Waals surface area contributed by atoms with Gasteiger partial charge in [-0.05, 0) is 48.7 Å². The predicted octanol–water partition coefficient (Wildman–Crippen LogP) is 4.90. The first-order chi connectivity index (χ1) is 18.9. The number of amides is 2. The molecule has 10 heteroatoms. The van der Waals surface area contributed by atoms with Crippen molar-refractivity contribution in [2.24, 2.45) is 5.92 Å². The van der Waals surface area contributed by atoms with Gasteiger partial charge in [-0.15, -0.1) is 0 Å². The van der Waals surface area contributed by atoms with E-state index in [-0.39, 0.29) is 16.9 Å². The van der Waals surface area contributed by atoms with Gasteiger partial charge in [-0.3, -0.25) is 14.5 Å². The summed E-state index contributed by atoms with van der Waals surface area (Å²) in [7, 11) is -3.88. The Morgan fingerprint density at radius 2 is 1.59 bits per heavy atom. The van der Waals surface area contributed by atoms with Gasteiger partial charge in [-0.25, -0.2) is 13.2 Å². The van der Waals surface area contributed by atoms with E-state index in [0.29, 0.717) is 55.5 Å². The number of hydrogen-bond donors (Lipinski definition) is 1. The van der Waals surface area contributed by atoms with Crippen LogP contribution < -0.4 is 4.72 Å². The van der Waals surface area contributed by atoms with Crippen LogP contribution in [-0.2, 0) is 14.8 Å². The Labute approximate surface area is 229 Å². The van der Waals surface area contributed by atoms with Crippen molar-refractivity contribution >= 4 is 38.6 Å². The number of fused-ring (bicyclic) bond motifs is 1. The lowest BCUT2D eigenvalue weighted by Crippen LogP contribution is -2.50. The molecule has 2 amide bonds. The van der Waals surface area contributed by atoms with E-state index < -0.39 is 10.0 Å². The standard InChI is InChI=1S/C29H34N4O5S/c34-28(32-17-19-33(20-18-32)29(35)38-21-15-22-6-2-1-3-7-22)24-11-13-25(14-12-24)31-39(36,37)26-10-4-8-23-9-5-16-30-27(23)26/h4-5,8-14,16,22,31H,1-3,6-7,15,17-21H2. The van der Waals surface area contributed by atoms with Crippen LogP contribution in [0.4, 0.5) is 10.5 Å². The van der Waals surface area contributed by atoms with Crippen molar-refractivity contribution in [1.82, 2.24) is 14.8 Å². The van der Waals surface area contributed by atoms with Gasteiger partial charge in [-0.1, -0.05) is 50.3 Å². The van der Waals surface area contributed by atoms with Crippen molar-refractivity contribution in [3.63, 3.8) is 0 Å². The summed E-state index contributed by atoms with van der Waals surface area (Å²) >= 11 is 0. The van der Waals surface area contributed by atoms with Crippen LogP contribution >= 0.6 is 0 Å². The number of ether oxygens (including phenoxy) is 1. The normalized spacial score (nSPS) is 16.7. The molecule has 39 heavy (non-hydrogen) atoms. The Hall–Kier alpha value is -3.66. The Bertz CT molecular complexity index is 1410. The molecule has 2 fully saturated rings. The SMILES string of the molecule is O=C(OCCC1CCCCC1)N1CCN(C(=O)c2ccc(NS(=O)(=O)c3cccc4cccnc34)cc2)CC1. The zero-order valence-electron chi connectivity index (χ0n) is 21.9. The molecule has 0 spiro atoms. The first-order valence-corrected chi connectivity index (χ1v) is 15.1. The van der Waals surface area contributed by atoms with Crippen molar-refractivity contribution < 1.29 is 22.7 Å². The first-order valence-electron chi connectivity index (χ1n) is 13.6. The maximum Gasteiger partial charge on any atom is 0.409 e. The number of para-hydroxylation sites is 1. The summed E-state index contributed by atoms with van der Waals surface area (Å²) in [5.41, 5.74) is 1.19. The topological polar surface area (TPSA) is 109 Å². The van der Waals surface area contributed by atoms with Gasteiger partial charge >= 0.3 is 6.09 Å². The van der Waals surface area contributed by atoms with Crippen LogP contribution in [0.3, 0.4) is 0 Å². The second-order valence-corrected chi connectivity index (χ2v) is 11.9. The lowest BCUT2D eigenvalue weighted by Gasteiger charge is -2.34. The van der Waals surface area contributed by atoms with Gasteiger partial charge in [0.05, 0.1) is 12.1 Å². The molecule has 2 aliphatic rings. The van der Waals surface area contributed by atoms with Crippen LogP contribution in [0.1, 0.15) is 48.9 Å². The zero-order valence-corrected chi connectivity index (χ0v) is 22.7. The molecular formula is C29H34N4O5S. The van der Waals surface area contributed by atoms with Gasteiger partial charge < -0.3 is 14.5 Å². The lowest BCUT2D eigenvalue weighted by molar-refractivity contribution is 0.0543. The number of rotatable bonds is 7. The maximum absolute atomic E-state index is 13.0. The fraction of sp³-hybridized carbons (Fsp3) is 0.414. The number of aromatic nitrogens is 1. The second kappa shape index (κ2) is 12.0. The minimum Gasteiger partial charge on any atom is -0.449 e. The predicted molar refractivity (Wildman–Crippen MR) is 149 cm³/mol. The monoisotopic (exact) mass is 550 g/mol. The third kappa shape index (κ3) is 6.50. The fourth-order valence-corrected chi connectivity index (χ4v) is 6.58. The molecule has 2 heterocycles. The van der Waals surface area contributed by atoms with Crippen molar-refractivity contribution in [2.75, 3.05) is 37.5 Å². The Morgan fingerprint density at radius 1 is 0.897 bits per heavy atom. The van der Waals surface area contributed by atoms with E-state index in [1.807, 2.05) is 12.1 Å². The Morgan fingerprint density at radius 3 is 2.33 bits per heavy atom. The largest absolute Gasteiger partial charge is 0.449 e. The van der Waals surface area contributed by atoms with E-state index in [1.165, 1.54) is 38.2 Å². The molecule has 1 saturated heterocycles. The van der Waals surface area contributed by atoms with Crippen molar-refractivity contribution in [2.45, 2.75) is 43.4 Å². The average molecular weight is 551 g/mol. The number of nitrogens with zero attached hydrogens (tertiary/aromatic N) is 3. The number of hydrogen-bond acceptors (Lipinski definition) is 6. The molecule has 0 radical (unpaired) electrons. The van der Waals surface area contributed by atoms with E-state index in [1.54, 1.807) is 52.4 Å². The van der Waals surface area contributed by atoms with Crippen LogP contribution in [0.15, 0.2) is 65.7 Å². The summed E-state index contributed by atoms with van der Waals surface area (Å²) in [6, 6.07) is 14.9. The molecule has 9 nitrogen and oxygen atoms in total. The number of piperazine rings is 1. The van der Waals surface area contributed by atoms with Gasteiger partial charge in [-0.2, -0.15) is 0 Å². The minimum atomic E-state index is -3.88. The highest BCUT2D eigenvalue weighted by Gasteiger charge is 2.26. The second-order valence-electron chi connectivity index (χ2n) is 10.2. The van der Waals surface area contributed by atoms with E-state index >= 15 is 0 Å². The highest BCUT2D eigenvalue weighted by molar-refractivity contribution is 7.93. The number of pyridine rings is 1.